The molecule has 34 heavy (non-hydrogen) atoms. The van der Waals surface area contributed by atoms with Crippen LogP contribution in [0.5, 0.6) is 0 Å². The van der Waals surface area contributed by atoms with Gasteiger partial charge in [-0.1, -0.05) is 123 Å². The second-order valence-electron chi connectivity index (χ2n) is 9.56. The van der Waals surface area contributed by atoms with E-state index in [0.717, 1.165) is 37.2 Å². The number of esters is 2. The molecule has 0 amide bonds. The van der Waals surface area contributed by atoms with Crippen LogP contribution in [0.2, 0.25) is 0 Å². The fraction of sp³-hybridized carbons (Fsp3) is 0.931. The Morgan fingerprint density at radius 3 is 1.12 bits per heavy atom. The SMILES string of the molecule is CCCCCCCCCCCCCCCCCC(=O)OCCSCCOC(=O)CCCCCC. The molecule has 0 spiro atoms. The molecule has 0 bridgehead atoms. The van der Waals surface area contributed by atoms with Gasteiger partial charge in [0, 0.05) is 24.3 Å². The fourth-order valence-corrected chi connectivity index (χ4v) is 4.62. The summed E-state index contributed by atoms with van der Waals surface area (Å²) in [6.45, 7) is 5.34. The molecule has 0 aliphatic rings. The molecular weight excluding hydrogens is 444 g/mol. The van der Waals surface area contributed by atoms with Gasteiger partial charge in [0.2, 0.25) is 0 Å². The van der Waals surface area contributed by atoms with Crippen LogP contribution in [0.1, 0.15) is 149 Å². The summed E-state index contributed by atoms with van der Waals surface area (Å²) in [7, 11) is 0. The molecule has 0 unspecified atom stereocenters. The molecule has 0 atom stereocenters. The van der Waals surface area contributed by atoms with Crippen molar-refractivity contribution in [1.82, 2.24) is 0 Å². The molecule has 0 aliphatic carbocycles. The zero-order chi connectivity index (χ0) is 25.0. The summed E-state index contributed by atoms with van der Waals surface area (Å²) >= 11 is 1.66. The maximum Gasteiger partial charge on any atom is 0.305 e. The number of hydrogen-bond acceptors (Lipinski definition) is 5. The average molecular weight is 501 g/mol. The summed E-state index contributed by atoms with van der Waals surface area (Å²) < 4.78 is 10.5. The maximum atomic E-state index is 11.8. The summed E-state index contributed by atoms with van der Waals surface area (Å²) in [6.07, 6.45) is 25.4. The van der Waals surface area contributed by atoms with Crippen LogP contribution in [0.3, 0.4) is 0 Å². The van der Waals surface area contributed by atoms with Gasteiger partial charge in [0.15, 0.2) is 0 Å². The van der Waals surface area contributed by atoms with Crippen LogP contribution in [-0.4, -0.2) is 36.7 Å². The zero-order valence-corrected chi connectivity index (χ0v) is 23.5. The first-order chi connectivity index (χ1) is 16.7. The Kier molecular flexibility index (Phi) is 27.9. The van der Waals surface area contributed by atoms with Gasteiger partial charge in [-0.05, 0) is 12.8 Å². The standard InChI is InChI=1S/C29H56O4S/c1-3-5-7-9-10-11-12-13-14-15-16-17-18-19-21-23-29(31)33-25-27-34-26-24-32-28(30)22-20-8-6-4-2/h3-27H2,1-2H3. The molecule has 0 saturated carbocycles. The normalized spacial score (nSPS) is 11.0. The van der Waals surface area contributed by atoms with E-state index >= 15 is 0 Å². The number of carbonyl (C=O) groups is 2. The summed E-state index contributed by atoms with van der Waals surface area (Å²) in [4.78, 5) is 23.4. The Morgan fingerprint density at radius 1 is 0.471 bits per heavy atom. The van der Waals surface area contributed by atoms with Gasteiger partial charge in [0.05, 0.1) is 0 Å². The highest BCUT2D eigenvalue weighted by molar-refractivity contribution is 7.99. The van der Waals surface area contributed by atoms with Crippen molar-refractivity contribution in [3.05, 3.63) is 0 Å². The Labute approximate surface area is 216 Å². The predicted octanol–water partition coefficient (Wildman–Crippen LogP) is 9.04. The van der Waals surface area contributed by atoms with Crippen LogP contribution in [0.25, 0.3) is 0 Å². The fourth-order valence-electron chi connectivity index (χ4n) is 4.01. The number of carbonyl (C=O) groups excluding carboxylic acids is 2. The van der Waals surface area contributed by atoms with Crippen molar-refractivity contribution in [3.8, 4) is 0 Å². The van der Waals surface area contributed by atoms with Gasteiger partial charge in [0.25, 0.3) is 0 Å². The largest absolute Gasteiger partial charge is 0.465 e. The van der Waals surface area contributed by atoms with Crippen molar-refractivity contribution in [1.29, 1.82) is 0 Å². The predicted molar refractivity (Wildman–Crippen MR) is 148 cm³/mol. The Bertz CT molecular complexity index is 442. The van der Waals surface area contributed by atoms with Crippen molar-refractivity contribution in [2.24, 2.45) is 0 Å². The minimum atomic E-state index is -0.0911. The molecule has 4 nitrogen and oxygen atoms in total. The Morgan fingerprint density at radius 2 is 0.765 bits per heavy atom. The van der Waals surface area contributed by atoms with E-state index in [-0.39, 0.29) is 11.9 Å². The molecule has 0 aromatic rings. The summed E-state index contributed by atoms with van der Waals surface area (Å²) in [5.74, 6) is 1.36. The van der Waals surface area contributed by atoms with Crippen molar-refractivity contribution < 1.29 is 19.1 Å². The monoisotopic (exact) mass is 500 g/mol. The lowest BCUT2D eigenvalue weighted by Crippen LogP contribution is -2.09. The van der Waals surface area contributed by atoms with Crippen LogP contribution < -0.4 is 0 Å². The maximum absolute atomic E-state index is 11.8. The molecule has 0 aromatic heterocycles. The summed E-state index contributed by atoms with van der Waals surface area (Å²) in [5.41, 5.74) is 0. The molecule has 0 aliphatic heterocycles. The molecule has 5 heteroatoms. The molecule has 0 rings (SSSR count). The number of ether oxygens (including phenoxy) is 2. The van der Waals surface area contributed by atoms with Crippen LogP contribution in [-0.2, 0) is 19.1 Å². The third-order valence-corrected chi connectivity index (χ3v) is 7.11. The number of thioether (sulfide) groups is 1. The van der Waals surface area contributed by atoms with Crippen LogP contribution >= 0.6 is 11.8 Å². The van der Waals surface area contributed by atoms with E-state index in [4.69, 9.17) is 9.47 Å². The van der Waals surface area contributed by atoms with Gasteiger partial charge >= 0.3 is 11.9 Å². The molecular formula is C29H56O4S. The Balaban J connectivity index is 3.22. The zero-order valence-electron chi connectivity index (χ0n) is 22.7. The molecule has 202 valence electrons. The first-order valence-electron chi connectivity index (χ1n) is 14.6. The van der Waals surface area contributed by atoms with E-state index < -0.39 is 0 Å². The first kappa shape index (κ1) is 33.3. The van der Waals surface area contributed by atoms with Crippen LogP contribution in [0.15, 0.2) is 0 Å². The van der Waals surface area contributed by atoms with Crippen molar-refractivity contribution in [2.75, 3.05) is 24.7 Å². The quantitative estimate of drug-likeness (QED) is 0.0831. The van der Waals surface area contributed by atoms with Crippen LogP contribution in [0, 0.1) is 0 Å². The number of unbranched alkanes of at least 4 members (excludes halogenated alkanes) is 17. The van der Waals surface area contributed by atoms with E-state index in [1.807, 2.05) is 0 Å². The third kappa shape index (κ3) is 27.5. The minimum absolute atomic E-state index is 0.0752. The molecule has 0 saturated heterocycles. The van der Waals surface area contributed by atoms with Gasteiger partial charge in [-0.2, -0.15) is 11.8 Å². The van der Waals surface area contributed by atoms with Gasteiger partial charge in [-0.3, -0.25) is 9.59 Å². The van der Waals surface area contributed by atoms with Gasteiger partial charge in [-0.15, -0.1) is 0 Å². The van der Waals surface area contributed by atoms with E-state index in [9.17, 15) is 9.59 Å². The van der Waals surface area contributed by atoms with Gasteiger partial charge in [0.1, 0.15) is 13.2 Å². The van der Waals surface area contributed by atoms with Gasteiger partial charge in [-0.25, -0.2) is 0 Å². The molecule has 0 radical (unpaired) electrons. The van der Waals surface area contributed by atoms with E-state index in [0.29, 0.717) is 26.1 Å². The van der Waals surface area contributed by atoms with Crippen LogP contribution in [0.4, 0.5) is 0 Å². The van der Waals surface area contributed by atoms with E-state index in [1.54, 1.807) is 11.8 Å². The highest BCUT2D eigenvalue weighted by Crippen LogP contribution is 2.14. The molecule has 0 aromatic carbocycles. The molecule has 0 heterocycles. The lowest BCUT2D eigenvalue weighted by atomic mass is 10.0. The van der Waals surface area contributed by atoms with Crippen molar-refractivity contribution in [3.63, 3.8) is 0 Å². The minimum Gasteiger partial charge on any atom is -0.465 e. The highest BCUT2D eigenvalue weighted by atomic mass is 32.2. The number of hydrogen-bond donors (Lipinski definition) is 0. The van der Waals surface area contributed by atoms with Crippen molar-refractivity contribution in [2.45, 2.75) is 149 Å². The van der Waals surface area contributed by atoms with E-state index in [1.165, 1.54) is 96.3 Å². The highest BCUT2D eigenvalue weighted by Gasteiger charge is 2.04. The topological polar surface area (TPSA) is 52.6 Å². The smallest absolute Gasteiger partial charge is 0.305 e. The molecule has 0 N–H and O–H groups in total. The third-order valence-electron chi connectivity index (χ3n) is 6.20. The van der Waals surface area contributed by atoms with Gasteiger partial charge < -0.3 is 9.47 Å². The first-order valence-corrected chi connectivity index (χ1v) is 15.7. The molecule has 0 fully saturated rings. The van der Waals surface area contributed by atoms with Crippen molar-refractivity contribution >= 4 is 23.7 Å². The second-order valence-corrected chi connectivity index (χ2v) is 10.8. The second kappa shape index (κ2) is 28.5. The van der Waals surface area contributed by atoms with E-state index in [2.05, 4.69) is 13.8 Å². The summed E-state index contributed by atoms with van der Waals surface area (Å²) in [5, 5.41) is 0. The Hall–Kier alpha value is -0.710. The number of rotatable bonds is 27. The average Bonchev–Trinajstić information content (AvgIpc) is 2.83. The lowest BCUT2D eigenvalue weighted by Gasteiger charge is -2.06. The summed E-state index contributed by atoms with van der Waals surface area (Å²) in [6, 6.07) is 0. The lowest BCUT2D eigenvalue weighted by molar-refractivity contribution is -0.143.